The van der Waals surface area contributed by atoms with Crippen molar-refractivity contribution in [1.82, 2.24) is 14.9 Å². The molecule has 0 saturated carbocycles. The average Bonchev–Trinajstić information content (AvgIpc) is 2.69. The Morgan fingerprint density at radius 1 is 1.33 bits per heavy atom. The van der Waals surface area contributed by atoms with E-state index in [1.165, 1.54) is 0 Å². The second-order valence-corrected chi connectivity index (χ2v) is 5.02. The van der Waals surface area contributed by atoms with Gasteiger partial charge in [-0.3, -0.25) is 9.78 Å². The molecular formula is C13H17N3O2. The number of fused-ring (bicyclic) bond motifs is 2. The summed E-state index contributed by atoms with van der Waals surface area (Å²) in [6, 6.07) is 0.617. The van der Waals surface area contributed by atoms with Gasteiger partial charge in [0.25, 0.3) is 5.91 Å². The predicted octanol–water partition coefficient (Wildman–Crippen LogP) is 1.26. The summed E-state index contributed by atoms with van der Waals surface area (Å²) in [6.45, 7) is 0. The van der Waals surface area contributed by atoms with Gasteiger partial charge in [0, 0.05) is 31.6 Å². The minimum absolute atomic E-state index is 0.0187. The lowest BCUT2D eigenvalue weighted by Gasteiger charge is -2.38. The van der Waals surface area contributed by atoms with Crippen LogP contribution in [0.3, 0.4) is 0 Å². The molecule has 1 aromatic rings. The van der Waals surface area contributed by atoms with E-state index in [0.29, 0.717) is 23.9 Å². The highest BCUT2D eigenvalue weighted by atomic mass is 16.5. The topological polar surface area (TPSA) is 55.3 Å². The van der Waals surface area contributed by atoms with E-state index in [0.717, 1.165) is 25.7 Å². The van der Waals surface area contributed by atoms with Crippen molar-refractivity contribution >= 4 is 5.91 Å². The second-order valence-electron chi connectivity index (χ2n) is 5.02. The van der Waals surface area contributed by atoms with Gasteiger partial charge in [-0.2, -0.15) is 0 Å². The molecule has 2 aliphatic heterocycles. The zero-order valence-electron chi connectivity index (χ0n) is 10.5. The molecule has 2 aliphatic rings. The number of methoxy groups -OCH3 is 1. The van der Waals surface area contributed by atoms with Gasteiger partial charge in [0.05, 0.1) is 12.3 Å². The maximum Gasteiger partial charge on any atom is 0.274 e. The van der Waals surface area contributed by atoms with Crippen molar-refractivity contribution in [2.24, 2.45) is 0 Å². The first-order chi connectivity index (χ1) is 8.79. The monoisotopic (exact) mass is 247 g/mol. The van der Waals surface area contributed by atoms with Gasteiger partial charge in [0.15, 0.2) is 0 Å². The maximum atomic E-state index is 12.4. The Bertz CT molecular complexity index is 423. The van der Waals surface area contributed by atoms with Crippen molar-refractivity contribution in [2.45, 2.75) is 43.9 Å². The van der Waals surface area contributed by atoms with E-state index in [2.05, 4.69) is 9.97 Å². The van der Waals surface area contributed by atoms with Crippen molar-refractivity contribution in [3.8, 4) is 0 Å². The quantitative estimate of drug-likeness (QED) is 0.789. The van der Waals surface area contributed by atoms with E-state index in [-0.39, 0.29) is 5.91 Å². The Morgan fingerprint density at radius 2 is 2.06 bits per heavy atom. The van der Waals surface area contributed by atoms with E-state index >= 15 is 0 Å². The SMILES string of the molecule is COC1CC2CCC(C1)N2C(=O)c1cnccn1. The number of carbonyl (C=O) groups excluding carboxylic acids is 1. The smallest absolute Gasteiger partial charge is 0.274 e. The number of hydrogen-bond acceptors (Lipinski definition) is 4. The number of hydrogen-bond donors (Lipinski definition) is 0. The fourth-order valence-corrected chi connectivity index (χ4v) is 3.19. The lowest BCUT2D eigenvalue weighted by molar-refractivity contribution is 0.00792. The summed E-state index contributed by atoms with van der Waals surface area (Å²) in [5.74, 6) is 0.0187. The average molecular weight is 247 g/mol. The second kappa shape index (κ2) is 4.65. The van der Waals surface area contributed by atoms with Crippen LogP contribution in [0.5, 0.6) is 0 Å². The Kier molecular flexibility index (Phi) is 2.99. The van der Waals surface area contributed by atoms with Crippen LogP contribution < -0.4 is 0 Å². The molecule has 2 atom stereocenters. The summed E-state index contributed by atoms with van der Waals surface area (Å²) in [6.07, 6.45) is 9.04. The van der Waals surface area contributed by atoms with Gasteiger partial charge in [0.2, 0.25) is 0 Å². The van der Waals surface area contributed by atoms with Crippen LogP contribution in [0.15, 0.2) is 18.6 Å². The number of amides is 1. The van der Waals surface area contributed by atoms with Crippen LogP contribution >= 0.6 is 0 Å². The predicted molar refractivity (Wildman–Crippen MR) is 65.0 cm³/mol. The lowest BCUT2D eigenvalue weighted by atomic mass is 9.99. The number of rotatable bonds is 2. The summed E-state index contributed by atoms with van der Waals surface area (Å²) in [5, 5.41) is 0. The fraction of sp³-hybridized carbons (Fsp3) is 0.615. The first-order valence-electron chi connectivity index (χ1n) is 6.41. The number of aromatic nitrogens is 2. The summed E-state index contributed by atoms with van der Waals surface area (Å²) < 4.78 is 5.44. The molecule has 2 fully saturated rings. The largest absolute Gasteiger partial charge is 0.381 e. The third kappa shape index (κ3) is 1.88. The first kappa shape index (κ1) is 11.6. The molecule has 96 valence electrons. The van der Waals surface area contributed by atoms with Crippen LogP contribution in [-0.2, 0) is 4.74 Å². The molecule has 2 unspecified atom stereocenters. The Hall–Kier alpha value is -1.49. The van der Waals surface area contributed by atoms with E-state index in [1.807, 2.05) is 4.90 Å². The molecule has 0 N–H and O–H groups in total. The molecule has 2 bridgehead atoms. The highest BCUT2D eigenvalue weighted by molar-refractivity contribution is 5.92. The molecule has 1 aromatic heterocycles. The van der Waals surface area contributed by atoms with E-state index in [9.17, 15) is 4.79 Å². The highest BCUT2D eigenvalue weighted by Crippen LogP contribution is 2.37. The van der Waals surface area contributed by atoms with Gasteiger partial charge in [-0.05, 0) is 25.7 Å². The summed E-state index contributed by atoms with van der Waals surface area (Å²) >= 11 is 0. The first-order valence-corrected chi connectivity index (χ1v) is 6.41. The molecule has 18 heavy (non-hydrogen) atoms. The number of carbonyl (C=O) groups is 1. The molecule has 0 aliphatic carbocycles. The number of piperidine rings is 1. The summed E-state index contributed by atoms with van der Waals surface area (Å²) in [5.41, 5.74) is 0.449. The molecular weight excluding hydrogens is 230 g/mol. The molecule has 5 nitrogen and oxygen atoms in total. The van der Waals surface area contributed by atoms with Crippen LogP contribution in [0.1, 0.15) is 36.2 Å². The van der Waals surface area contributed by atoms with E-state index in [1.54, 1.807) is 25.7 Å². The molecule has 3 rings (SSSR count). The lowest BCUT2D eigenvalue weighted by Crippen LogP contribution is -2.48. The molecule has 0 aromatic carbocycles. The number of nitrogens with zero attached hydrogens (tertiary/aromatic N) is 3. The van der Waals surface area contributed by atoms with E-state index < -0.39 is 0 Å². The molecule has 0 spiro atoms. The van der Waals surface area contributed by atoms with Gasteiger partial charge in [-0.15, -0.1) is 0 Å². The fourth-order valence-electron chi connectivity index (χ4n) is 3.19. The zero-order valence-corrected chi connectivity index (χ0v) is 10.5. The zero-order chi connectivity index (χ0) is 12.5. The minimum Gasteiger partial charge on any atom is -0.381 e. The van der Waals surface area contributed by atoms with Crippen molar-refractivity contribution in [3.05, 3.63) is 24.3 Å². The standard InChI is InChI=1S/C13H17N3O2/c1-18-11-6-9-2-3-10(7-11)16(9)13(17)12-8-14-4-5-15-12/h4-5,8-11H,2-3,6-7H2,1H3. The molecule has 2 saturated heterocycles. The van der Waals surface area contributed by atoms with Crippen molar-refractivity contribution < 1.29 is 9.53 Å². The van der Waals surface area contributed by atoms with Crippen molar-refractivity contribution in [3.63, 3.8) is 0 Å². The normalized spacial score (nSPS) is 30.5. The van der Waals surface area contributed by atoms with Gasteiger partial charge in [-0.25, -0.2) is 4.98 Å². The van der Waals surface area contributed by atoms with Crippen LogP contribution in [-0.4, -0.2) is 46.1 Å². The third-order valence-electron chi connectivity index (χ3n) is 4.04. The molecule has 5 heteroatoms. The van der Waals surface area contributed by atoms with Crippen LogP contribution in [0, 0.1) is 0 Å². The number of ether oxygens (including phenoxy) is 1. The molecule has 0 radical (unpaired) electrons. The summed E-state index contributed by atoms with van der Waals surface area (Å²) in [7, 11) is 1.75. The van der Waals surface area contributed by atoms with Crippen LogP contribution in [0.25, 0.3) is 0 Å². The maximum absolute atomic E-state index is 12.4. The molecule has 1 amide bonds. The van der Waals surface area contributed by atoms with Gasteiger partial charge in [-0.1, -0.05) is 0 Å². The van der Waals surface area contributed by atoms with Crippen LogP contribution in [0.4, 0.5) is 0 Å². The minimum atomic E-state index is 0.0187. The van der Waals surface area contributed by atoms with Crippen molar-refractivity contribution in [1.29, 1.82) is 0 Å². The van der Waals surface area contributed by atoms with Crippen LogP contribution in [0.2, 0.25) is 0 Å². The Morgan fingerprint density at radius 3 is 2.61 bits per heavy atom. The van der Waals surface area contributed by atoms with Crippen molar-refractivity contribution in [2.75, 3.05) is 7.11 Å². The van der Waals surface area contributed by atoms with Gasteiger partial charge in [0.1, 0.15) is 5.69 Å². The highest BCUT2D eigenvalue weighted by Gasteiger charge is 2.43. The Balaban J connectivity index is 1.80. The van der Waals surface area contributed by atoms with E-state index in [4.69, 9.17) is 4.74 Å². The third-order valence-corrected chi connectivity index (χ3v) is 4.04. The Labute approximate surface area is 106 Å². The molecule has 3 heterocycles. The summed E-state index contributed by atoms with van der Waals surface area (Å²) in [4.78, 5) is 22.5. The van der Waals surface area contributed by atoms with Gasteiger partial charge < -0.3 is 9.64 Å². The van der Waals surface area contributed by atoms with Gasteiger partial charge >= 0.3 is 0 Å².